The van der Waals surface area contributed by atoms with Crippen LogP contribution < -0.4 is 10.1 Å². The van der Waals surface area contributed by atoms with Crippen molar-refractivity contribution in [3.05, 3.63) is 28.8 Å². The molecule has 2 heteroatoms. The van der Waals surface area contributed by atoms with Gasteiger partial charge in [0.2, 0.25) is 0 Å². The fourth-order valence-electron chi connectivity index (χ4n) is 2.34. The Balaban J connectivity index is 2.41. The predicted molar refractivity (Wildman–Crippen MR) is 62.4 cm³/mol. The Morgan fingerprint density at radius 3 is 2.93 bits per heavy atom. The van der Waals surface area contributed by atoms with Crippen molar-refractivity contribution in [2.75, 3.05) is 13.2 Å². The lowest BCUT2D eigenvalue weighted by atomic mass is 9.96. The first kappa shape index (κ1) is 10.5. The molecule has 0 spiro atoms. The van der Waals surface area contributed by atoms with Gasteiger partial charge < -0.3 is 10.1 Å². The monoisotopic (exact) mass is 205 g/mol. The average Bonchev–Trinajstić information content (AvgIpc) is 2.19. The lowest BCUT2D eigenvalue weighted by molar-refractivity contribution is 0.252. The van der Waals surface area contributed by atoms with Crippen molar-refractivity contribution in [2.45, 2.75) is 33.2 Å². The normalized spacial score (nSPS) is 19.5. The summed E-state index contributed by atoms with van der Waals surface area (Å²) in [7, 11) is 0. The fraction of sp³-hybridized carbons (Fsp3) is 0.538. The van der Waals surface area contributed by atoms with E-state index in [1.54, 1.807) is 0 Å². The van der Waals surface area contributed by atoms with Gasteiger partial charge in [0.15, 0.2) is 0 Å². The molecular weight excluding hydrogens is 186 g/mol. The zero-order chi connectivity index (χ0) is 10.8. The SMILES string of the molecule is CCNC1CCOc2c(C)cc(C)cc21. The standard InChI is InChI=1S/C13H19NO/c1-4-14-12-5-6-15-13-10(3)7-9(2)8-11(12)13/h7-8,12,14H,4-6H2,1-3H3. The van der Waals surface area contributed by atoms with Gasteiger partial charge in [-0.05, 0) is 26.0 Å². The summed E-state index contributed by atoms with van der Waals surface area (Å²) in [6, 6.07) is 4.90. The maximum Gasteiger partial charge on any atom is 0.126 e. The van der Waals surface area contributed by atoms with E-state index in [1.807, 2.05) is 0 Å². The molecule has 1 unspecified atom stereocenters. The molecule has 0 saturated heterocycles. The molecule has 0 bridgehead atoms. The van der Waals surface area contributed by atoms with Crippen LogP contribution in [0.5, 0.6) is 5.75 Å². The first-order chi connectivity index (χ1) is 7.22. The summed E-state index contributed by atoms with van der Waals surface area (Å²) in [4.78, 5) is 0. The molecule has 0 aromatic heterocycles. The molecule has 0 radical (unpaired) electrons. The van der Waals surface area contributed by atoms with E-state index in [0.717, 1.165) is 25.3 Å². The molecule has 0 fully saturated rings. The summed E-state index contributed by atoms with van der Waals surface area (Å²) in [6.07, 6.45) is 1.07. The van der Waals surface area contributed by atoms with Crippen LogP contribution in [0.3, 0.4) is 0 Å². The van der Waals surface area contributed by atoms with Crippen molar-refractivity contribution >= 4 is 0 Å². The molecule has 1 N–H and O–H groups in total. The highest BCUT2D eigenvalue weighted by molar-refractivity contribution is 5.46. The highest BCUT2D eigenvalue weighted by Crippen LogP contribution is 2.35. The van der Waals surface area contributed by atoms with Crippen molar-refractivity contribution in [3.8, 4) is 5.75 Å². The quantitative estimate of drug-likeness (QED) is 0.801. The van der Waals surface area contributed by atoms with E-state index < -0.39 is 0 Å². The molecule has 1 heterocycles. The van der Waals surface area contributed by atoms with Crippen LogP contribution in [0, 0.1) is 13.8 Å². The Morgan fingerprint density at radius 1 is 1.40 bits per heavy atom. The molecule has 0 aliphatic carbocycles. The molecule has 15 heavy (non-hydrogen) atoms. The molecular formula is C13H19NO. The van der Waals surface area contributed by atoms with E-state index in [1.165, 1.54) is 16.7 Å². The molecule has 1 aliphatic rings. The van der Waals surface area contributed by atoms with E-state index >= 15 is 0 Å². The van der Waals surface area contributed by atoms with Gasteiger partial charge in [-0.2, -0.15) is 0 Å². The van der Waals surface area contributed by atoms with Gasteiger partial charge in [-0.1, -0.05) is 24.6 Å². The molecule has 82 valence electrons. The third kappa shape index (κ3) is 2.00. The van der Waals surface area contributed by atoms with Gasteiger partial charge in [0.05, 0.1) is 6.61 Å². The molecule has 0 saturated carbocycles. The Bertz CT molecular complexity index is 360. The molecule has 2 rings (SSSR count). The summed E-state index contributed by atoms with van der Waals surface area (Å²) in [5.41, 5.74) is 3.91. The lowest BCUT2D eigenvalue weighted by Gasteiger charge is -2.28. The number of benzene rings is 1. The molecule has 1 aromatic rings. The Hall–Kier alpha value is -1.02. The third-order valence-electron chi connectivity index (χ3n) is 2.93. The summed E-state index contributed by atoms with van der Waals surface area (Å²) < 4.78 is 5.75. The van der Waals surface area contributed by atoms with Crippen LogP contribution in [0.25, 0.3) is 0 Å². The summed E-state index contributed by atoms with van der Waals surface area (Å²) >= 11 is 0. The molecule has 0 amide bonds. The predicted octanol–water partition coefficient (Wildman–Crippen LogP) is 2.74. The van der Waals surface area contributed by atoms with Gasteiger partial charge in [0.25, 0.3) is 0 Å². The van der Waals surface area contributed by atoms with Crippen LogP contribution >= 0.6 is 0 Å². The summed E-state index contributed by atoms with van der Waals surface area (Å²) in [6.45, 7) is 8.26. The van der Waals surface area contributed by atoms with Gasteiger partial charge in [-0.15, -0.1) is 0 Å². The van der Waals surface area contributed by atoms with E-state index in [-0.39, 0.29) is 0 Å². The van der Waals surface area contributed by atoms with Crippen molar-refractivity contribution < 1.29 is 4.74 Å². The Kier molecular flexibility index (Phi) is 2.96. The highest BCUT2D eigenvalue weighted by atomic mass is 16.5. The van der Waals surface area contributed by atoms with Crippen LogP contribution in [0.4, 0.5) is 0 Å². The van der Waals surface area contributed by atoms with E-state index in [4.69, 9.17) is 4.74 Å². The van der Waals surface area contributed by atoms with E-state index in [9.17, 15) is 0 Å². The van der Waals surface area contributed by atoms with Crippen LogP contribution in [-0.2, 0) is 0 Å². The highest BCUT2D eigenvalue weighted by Gasteiger charge is 2.22. The smallest absolute Gasteiger partial charge is 0.126 e. The van der Waals surface area contributed by atoms with Crippen LogP contribution in [0.15, 0.2) is 12.1 Å². The number of fused-ring (bicyclic) bond motifs is 1. The fourth-order valence-corrected chi connectivity index (χ4v) is 2.34. The van der Waals surface area contributed by atoms with Crippen LogP contribution in [0.1, 0.15) is 36.1 Å². The second-order valence-corrected chi connectivity index (χ2v) is 4.25. The Labute approximate surface area is 91.6 Å². The molecule has 1 atom stereocenters. The number of nitrogens with one attached hydrogen (secondary N) is 1. The minimum absolute atomic E-state index is 0.470. The largest absolute Gasteiger partial charge is 0.493 e. The van der Waals surface area contributed by atoms with Gasteiger partial charge in [-0.25, -0.2) is 0 Å². The van der Waals surface area contributed by atoms with Gasteiger partial charge >= 0.3 is 0 Å². The minimum atomic E-state index is 0.470. The number of ether oxygens (including phenoxy) is 1. The molecule has 1 aliphatic heterocycles. The maximum atomic E-state index is 5.75. The first-order valence-corrected chi connectivity index (χ1v) is 5.69. The second kappa shape index (κ2) is 4.23. The maximum absolute atomic E-state index is 5.75. The van der Waals surface area contributed by atoms with E-state index in [0.29, 0.717) is 6.04 Å². The number of hydrogen-bond donors (Lipinski definition) is 1. The van der Waals surface area contributed by atoms with Crippen molar-refractivity contribution in [1.82, 2.24) is 5.32 Å². The van der Waals surface area contributed by atoms with Gasteiger partial charge in [0.1, 0.15) is 5.75 Å². The zero-order valence-electron chi connectivity index (χ0n) is 9.76. The minimum Gasteiger partial charge on any atom is -0.493 e. The zero-order valence-corrected chi connectivity index (χ0v) is 9.76. The lowest BCUT2D eigenvalue weighted by Crippen LogP contribution is -2.27. The average molecular weight is 205 g/mol. The van der Waals surface area contributed by atoms with Gasteiger partial charge in [-0.3, -0.25) is 0 Å². The molecule has 2 nitrogen and oxygen atoms in total. The summed E-state index contributed by atoms with van der Waals surface area (Å²) in [5, 5.41) is 3.52. The van der Waals surface area contributed by atoms with Crippen molar-refractivity contribution in [2.24, 2.45) is 0 Å². The van der Waals surface area contributed by atoms with E-state index in [2.05, 4.69) is 38.2 Å². The Morgan fingerprint density at radius 2 is 2.20 bits per heavy atom. The molecule has 1 aromatic carbocycles. The second-order valence-electron chi connectivity index (χ2n) is 4.25. The topological polar surface area (TPSA) is 21.3 Å². The van der Waals surface area contributed by atoms with Crippen LogP contribution in [0.2, 0.25) is 0 Å². The number of aryl methyl sites for hydroxylation is 2. The third-order valence-corrected chi connectivity index (χ3v) is 2.93. The van der Waals surface area contributed by atoms with Crippen LogP contribution in [-0.4, -0.2) is 13.2 Å². The first-order valence-electron chi connectivity index (χ1n) is 5.69. The van der Waals surface area contributed by atoms with Crippen molar-refractivity contribution in [1.29, 1.82) is 0 Å². The van der Waals surface area contributed by atoms with Crippen molar-refractivity contribution in [3.63, 3.8) is 0 Å². The summed E-state index contributed by atoms with van der Waals surface area (Å²) in [5.74, 6) is 1.10. The van der Waals surface area contributed by atoms with Gasteiger partial charge in [0, 0.05) is 18.0 Å². The number of rotatable bonds is 2. The number of hydrogen-bond acceptors (Lipinski definition) is 2.